The van der Waals surface area contributed by atoms with Crippen LogP contribution in [0.3, 0.4) is 0 Å². The molecule has 0 atom stereocenters. The summed E-state index contributed by atoms with van der Waals surface area (Å²) in [4.78, 5) is 23.4. The number of carbonyl (C=O) groups excluding carboxylic acids is 2. The Morgan fingerprint density at radius 2 is 1.78 bits per heavy atom. The van der Waals surface area contributed by atoms with Crippen molar-refractivity contribution >= 4 is 29.6 Å². The number of methoxy groups -OCH3 is 1. The highest BCUT2D eigenvalue weighted by molar-refractivity contribution is 6.34. The summed E-state index contributed by atoms with van der Waals surface area (Å²) in [5, 5.41) is 13.8. The predicted molar refractivity (Wildman–Crippen MR) is 84.9 cm³/mol. The first-order chi connectivity index (χ1) is 11.0. The maximum atomic E-state index is 12.1. The standard InChI is InChI=1S/C17H14ClNO4/c1-23-12-8-6-11(7-9-12)10-15(17(21)22)19-16(20)13-4-2-3-5-14(13)18/h2-10H,1H3,(H,19,20)(H,21,22)/p-1/b15-10+. The van der Waals surface area contributed by atoms with Gasteiger partial charge in [-0.05, 0) is 35.9 Å². The van der Waals surface area contributed by atoms with E-state index in [1.54, 1.807) is 42.5 Å². The van der Waals surface area contributed by atoms with Crippen LogP contribution in [-0.2, 0) is 4.79 Å². The van der Waals surface area contributed by atoms with E-state index in [-0.39, 0.29) is 16.3 Å². The van der Waals surface area contributed by atoms with Crippen LogP contribution in [0.15, 0.2) is 54.2 Å². The minimum absolute atomic E-state index is 0.177. The summed E-state index contributed by atoms with van der Waals surface area (Å²) in [5.74, 6) is -1.49. The molecule has 0 spiro atoms. The van der Waals surface area contributed by atoms with Gasteiger partial charge in [-0.3, -0.25) is 4.79 Å². The Hall–Kier alpha value is -2.79. The minimum atomic E-state index is -1.50. The Morgan fingerprint density at radius 1 is 1.13 bits per heavy atom. The smallest absolute Gasteiger partial charge is 0.257 e. The summed E-state index contributed by atoms with van der Waals surface area (Å²) in [7, 11) is 1.53. The number of hydrogen-bond acceptors (Lipinski definition) is 4. The second-order valence-corrected chi connectivity index (χ2v) is 4.96. The van der Waals surface area contributed by atoms with Crippen molar-refractivity contribution in [1.82, 2.24) is 5.32 Å². The third-order valence-electron chi connectivity index (χ3n) is 3.01. The number of nitrogens with one attached hydrogen (secondary N) is 1. The van der Waals surface area contributed by atoms with E-state index in [1.165, 1.54) is 19.3 Å². The maximum absolute atomic E-state index is 12.1. The van der Waals surface area contributed by atoms with E-state index in [2.05, 4.69) is 5.32 Å². The Morgan fingerprint density at radius 3 is 2.35 bits per heavy atom. The SMILES string of the molecule is COc1ccc(/C=C(/NC(=O)c2ccccc2Cl)C(=O)[O-])cc1. The molecule has 0 aliphatic heterocycles. The van der Waals surface area contributed by atoms with Crippen molar-refractivity contribution in [3.05, 3.63) is 70.4 Å². The Bertz CT molecular complexity index is 753. The van der Waals surface area contributed by atoms with E-state index in [4.69, 9.17) is 16.3 Å². The molecule has 0 saturated heterocycles. The van der Waals surface area contributed by atoms with Gasteiger partial charge in [0.2, 0.25) is 0 Å². The Balaban J connectivity index is 2.24. The number of amides is 1. The van der Waals surface area contributed by atoms with E-state index in [1.807, 2.05) is 0 Å². The molecule has 5 nitrogen and oxygen atoms in total. The average Bonchev–Trinajstić information content (AvgIpc) is 2.55. The quantitative estimate of drug-likeness (QED) is 0.849. The summed E-state index contributed by atoms with van der Waals surface area (Å²) < 4.78 is 5.02. The molecule has 2 aromatic carbocycles. The van der Waals surface area contributed by atoms with Gasteiger partial charge in [0.05, 0.1) is 29.4 Å². The molecular formula is C17H13ClNO4-. The van der Waals surface area contributed by atoms with Gasteiger partial charge in [0, 0.05) is 0 Å². The van der Waals surface area contributed by atoms with E-state index in [0.717, 1.165) is 0 Å². The highest BCUT2D eigenvalue weighted by Crippen LogP contribution is 2.16. The topological polar surface area (TPSA) is 78.5 Å². The molecule has 6 heteroatoms. The first-order valence-electron chi connectivity index (χ1n) is 6.64. The molecular weight excluding hydrogens is 318 g/mol. The molecule has 0 bridgehead atoms. The number of halogens is 1. The van der Waals surface area contributed by atoms with Gasteiger partial charge in [0.15, 0.2) is 0 Å². The molecule has 0 radical (unpaired) electrons. The van der Waals surface area contributed by atoms with E-state index >= 15 is 0 Å². The normalized spacial score (nSPS) is 11.0. The molecule has 1 amide bonds. The van der Waals surface area contributed by atoms with Gasteiger partial charge < -0.3 is 20.0 Å². The third kappa shape index (κ3) is 4.34. The van der Waals surface area contributed by atoms with Gasteiger partial charge in [-0.1, -0.05) is 35.9 Å². The van der Waals surface area contributed by atoms with Crippen molar-refractivity contribution in [2.45, 2.75) is 0 Å². The summed E-state index contributed by atoms with van der Waals surface area (Å²) in [6.07, 6.45) is 1.30. The van der Waals surface area contributed by atoms with Crippen molar-refractivity contribution < 1.29 is 19.4 Å². The van der Waals surface area contributed by atoms with Crippen molar-refractivity contribution in [2.24, 2.45) is 0 Å². The molecule has 0 aliphatic carbocycles. The molecule has 0 aliphatic rings. The van der Waals surface area contributed by atoms with Gasteiger partial charge in [-0.2, -0.15) is 0 Å². The van der Waals surface area contributed by atoms with Gasteiger partial charge in [0.1, 0.15) is 5.75 Å². The lowest BCUT2D eigenvalue weighted by Gasteiger charge is -2.12. The van der Waals surface area contributed by atoms with Crippen molar-refractivity contribution in [3.8, 4) is 5.75 Å². The molecule has 2 rings (SSSR count). The molecule has 0 unspecified atom stereocenters. The van der Waals surface area contributed by atoms with Crippen LogP contribution in [0.1, 0.15) is 15.9 Å². The van der Waals surface area contributed by atoms with Crippen LogP contribution in [0.4, 0.5) is 0 Å². The fraction of sp³-hybridized carbons (Fsp3) is 0.0588. The van der Waals surface area contributed by atoms with Crippen LogP contribution in [0.5, 0.6) is 5.75 Å². The van der Waals surface area contributed by atoms with Crippen LogP contribution < -0.4 is 15.2 Å². The number of rotatable bonds is 5. The zero-order valence-corrected chi connectivity index (χ0v) is 13.0. The number of ether oxygens (including phenoxy) is 1. The molecule has 1 N–H and O–H groups in total. The number of carbonyl (C=O) groups is 2. The third-order valence-corrected chi connectivity index (χ3v) is 3.34. The lowest BCUT2D eigenvalue weighted by molar-refractivity contribution is -0.299. The summed E-state index contributed by atoms with van der Waals surface area (Å²) in [6, 6.07) is 13.0. The average molecular weight is 331 g/mol. The largest absolute Gasteiger partial charge is 0.543 e. The van der Waals surface area contributed by atoms with Crippen LogP contribution in [0.2, 0.25) is 5.02 Å². The fourth-order valence-corrected chi connectivity index (χ4v) is 2.07. The van der Waals surface area contributed by atoms with E-state index < -0.39 is 11.9 Å². The number of aliphatic carboxylic acids is 1. The highest BCUT2D eigenvalue weighted by Gasteiger charge is 2.11. The second kappa shape index (κ2) is 7.47. The zero-order valence-electron chi connectivity index (χ0n) is 12.2. The molecule has 2 aromatic rings. The zero-order chi connectivity index (χ0) is 16.8. The minimum Gasteiger partial charge on any atom is -0.543 e. The summed E-state index contributed by atoms with van der Waals surface area (Å²) in [6.45, 7) is 0. The Labute approximate surface area is 138 Å². The monoisotopic (exact) mass is 330 g/mol. The molecule has 118 valence electrons. The predicted octanol–water partition coefficient (Wildman–Crippen LogP) is 1.87. The summed E-state index contributed by atoms with van der Waals surface area (Å²) in [5.41, 5.74) is 0.389. The number of carboxylic acid groups (broad SMARTS) is 1. The summed E-state index contributed by atoms with van der Waals surface area (Å²) >= 11 is 5.92. The first kappa shape index (κ1) is 16.6. The molecule has 0 fully saturated rings. The molecule has 23 heavy (non-hydrogen) atoms. The Kier molecular flexibility index (Phi) is 5.38. The van der Waals surface area contributed by atoms with Crippen LogP contribution in [0, 0.1) is 0 Å². The van der Waals surface area contributed by atoms with Crippen LogP contribution >= 0.6 is 11.6 Å². The van der Waals surface area contributed by atoms with Gasteiger partial charge in [0.25, 0.3) is 5.91 Å². The first-order valence-corrected chi connectivity index (χ1v) is 7.02. The highest BCUT2D eigenvalue weighted by atomic mass is 35.5. The maximum Gasteiger partial charge on any atom is 0.257 e. The molecule has 0 heterocycles. The van der Waals surface area contributed by atoms with Crippen molar-refractivity contribution in [1.29, 1.82) is 0 Å². The van der Waals surface area contributed by atoms with Gasteiger partial charge in [-0.25, -0.2) is 0 Å². The lowest BCUT2D eigenvalue weighted by Crippen LogP contribution is -2.35. The van der Waals surface area contributed by atoms with Crippen LogP contribution in [-0.4, -0.2) is 19.0 Å². The fourth-order valence-electron chi connectivity index (χ4n) is 1.85. The number of carboxylic acids is 1. The van der Waals surface area contributed by atoms with E-state index in [9.17, 15) is 14.7 Å². The lowest BCUT2D eigenvalue weighted by atomic mass is 10.1. The number of benzene rings is 2. The van der Waals surface area contributed by atoms with Crippen LogP contribution in [0.25, 0.3) is 6.08 Å². The number of hydrogen-bond donors (Lipinski definition) is 1. The van der Waals surface area contributed by atoms with Gasteiger partial charge >= 0.3 is 0 Å². The second-order valence-electron chi connectivity index (χ2n) is 4.55. The van der Waals surface area contributed by atoms with Gasteiger partial charge in [-0.15, -0.1) is 0 Å². The molecule has 0 aromatic heterocycles. The van der Waals surface area contributed by atoms with Crippen molar-refractivity contribution in [3.63, 3.8) is 0 Å². The van der Waals surface area contributed by atoms with Crippen molar-refractivity contribution in [2.75, 3.05) is 7.11 Å². The molecule has 0 saturated carbocycles. The van der Waals surface area contributed by atoms with E-state index in [0.29, 0.717) is 11.3 Å².